The van der Waals surface area contributed by atoms with Crippen LogP contribution in [0.4, 0.5) is 18.8 Å². The standard InChI is InChI=1S/C44H33FO15/c1-23(2)38(47)55-34(46)22-30-12-10-28(11-13-30)17-21-33-36(56-43(52)59-40(49)25(5)6)27(9)32(35(45)37(33)57-44(53)60-41(50)26(7)8)20-16-29-14-18-31(19-15-29)54-42(51)58-39(48)24(3)4/h10-15,18-19H,1,3,5,7,22H2,2,4,6,8-9H3. The zero-order valence-electron chi connectivity index (χ0n) is 32.7. The van der Waals surface area contributed by atoms with Gasteiger partial charge in [-0.2, -0.15) is 0 Å². The molecule has 0 unspecified atom stereocenters. The molecule has 0 saturated heterocycles. The van der Waals surface area contributed by atoms with Crippen molar-refractivity contribution in [2.45, 2.75) is 41.0 Å². The Bertz CT molecular complexity index is 2430. The smallest absolute Gasteiger partial charge is 0.395 e. The number of rotatable bonds is 9. The second kappa shape index (κ2) is 20.7. The molecule has 0 aliphatic rings. The van der Waals surface area contributed by atoms with Crippen molar-refractivity contribution in [3.8, 4) is 40.9 Å². The molecule has 15 nitrogen and oxygen atoms in total. The molecule has 0 amide bonds. The van der Waals surface area contributed by atoms with E-state index in [2.05, 4.69) is 68.9 Å². The zero-order valence-corrected chi connectivity index (χ0v) is 32.7. The third-order valence-electron chi connectivity index (χ3n) is 7.11. The Hall–Kier alpha value is -8.37. The lowest BCUT2D eigenvalue weighted by Gasteiger charge is -2.16. The van der Waals surface area contributed by atoms with Crippen molar-refractivity contribution >= 4 is 48.3 Å². The van der Waals surface area contributed by atoms with E-state index in [1.54, 1.807) is 0 Å². The number of ether oxygens (including phenoxy) is 7. The van der Waals surface area contributed by atoms with Crippen molar-refractivity contribution < 1.29 is 75.9 Å². The molecule has 16 heteroatoms. The molecule has 0 aliphatic heterocycles. The number of carbonyl (C=O) groups is 8. The molecule has 3 rings (SSSR count). The second-order valence-electron chi connectivity index (χ2n) is 12.4. The quantitative estimate of drug-likeness (QED) is 0.0534. The molecule has 0 saturated carbocycles. The van der Waals surface area contributed by atoms with Gasteiger partial charge in [-0.25, -0.2) is 38.0 Å². The van der Waals surface area contributed by atoms with E-state index in [1.165, 1.54) is 83.1 Å². The van der Waals surface area contributed by atoms with Gasteiger partial charge in [-0.1, -0.05) is 62.1 Å². The molecular weight excluding hydrogens is 787 g/mol. The van der Waals surface area contributed by atoms with Gasteiger partial charge in [-0.3, -0.25) is 4.79 Å². The summed E-state index contributed by atoms with van der Waals surface area (Å²) in [5.74, 6) is 2.17. The van der Waals surface area contributed by atoms with Crippen LogP contribution < -0.4 is 14.2 Å². The molecule has 60 heavy (non-hydrogen) atoms. The fourth-order valence-corrected chi connectivity index (χ4v) is 4.07. The predicted molar refractivity (Wildman–Crippen MR) is 206 cm³/mol. The van der Waals surface area contributed by atoms with Crippen LogP contribution >= 0.6 is 0 Å². The largest absolute Gasteiger partial charge is 0.522 e. The molecule has 0 heterocycles. The van der Waals surface area contributed by atoms with Gasteiger partial charge >= 0.3 is 48.3 Å². The first-order chi connectivity index (χ1) is 28.2. The van der Waals surface area contributed by atoms with Crippen molar-refractivity contribution in [1.82, 2.24) is 0 Å². The zero-order chi connectivity index (χ0) is 44.8. The summed E-state index contributed by atoms with van der Waals surface area (Å²) < 4.78 is 50.3. The summed E-state index contributed by atoms with van der Waals surface area (Å²) in [4.78, 5) is 97.2. The molecule has 0 spiro atoms. The summed E-state index contributed by atoms with van der Waals surface area (Å²) in [5, 5.41) is 0. The first-order valence-corrected chi connectivity index (χ1v) is 16.9. The lowest BCUT2D eigenvalue weighted by Crippen LogP contribution is -2.20. The summed E-state index contributed by atoms with van der Waals surface area (Å²) in [5.41, 5.74) is -1.01. The Morgan fingerprint density at radius 2 is 0.900 bits per heavy atom. The van der Waals surface area contributed by atoms with Crippen LogP contribution in [0.3, 0.4) is 0 Å². The van der Waals surface area contributed by atoms with Gasteiger partial charge in [0.15, 0.2) is 17.3 Å². The van der Waals surface area contributed by atoms with Gasteiger partial charge in [0.1, 0.15) is 11.3 Å². The lowest BCUT2D eigenvalue weighted by molar-refractivity contribution is -0.156. The van der Waals surface area contributed by atoms with Crippen LogP contribution in [0.1, 0.15) is 61.1 Å². The van der Waals surface area contributed by atoms with E-state index in [1.807, 2.05) is 0 Å². The highest BCUT2D eigenvalue weighted by molar-refractivity contribution is 5.96. The van der Waals surface area contributed by atoms with Crippen molar-refractivity contribution in [3.05, 3.63) is 136 Å². The van der Waals surface area contributed by atoms with Gasteiger partial charge in [0, 0.05) is 39.0 Å². The fraction of sp³-hybridized carbons (Fsp3) is 0.136. The Kier molecular flexibility index (Phi) is 15.9. The number of carbonyl (C=O) groups excluding carboxylic acids is 8. The number of hydrogen-bond acceptors (Lipinski definition) is 15. The average molecular weight is 821 g/mol. The van der Waals surface area contributed by atoms with Crippen molar-refractivity contribution in [2.75, 3.05) is 0 Å². The maximum atomic E-state index is 16.6. The Balaban J connectivity index is 2.17. The van der Waals surface area contributed by atoms with E-state index < -0.39 is 76.8 Å². The van der Waals surface area contributed by atoms with E-state index >= 15 is 4.39 Å². The average Bonchev–Trinajstić information content (AvgIpc) is 3.17. The highest BCUT2D eigenvalue weighted by Crippen LogP contribution is 2.38. The van der Waals surface area contributed by atoms with Gasteiger partial charge < -0.3 is 33.2 Å². The van der Waals surface area contributed by atoms with Crippen LogP contribution in [0.2, 0.25) is 0 Å². The van der Waals surface area contributed by atoms with Crippen LogP contribution in [0.25, 0.3) is 0 Å². The van der Waals surface area contributed by atoms with Crippen LogP contribution in [0.15, 0.2) is 97.1 Å². The summed E-state index contributed by atoms with van der Waals surface area (Å²) in [6.45, 7) is 19.9. The van der Waals surface area contributed by atoms with Gasteiger partial charge in [-0.15, -0.1) is 0 Å². The molecule has 0 N–H and O–H groups in total. The van der Waals surface area contributed by atoms with Crippen LogP contribution in [-0.4, -0.2) is 48.3 Å². The summed E-state index contributed by atoms with van der Waals surface area (Å²) in [6, 6.07) is 11.0. The van der Waals surface area contributed by atoms with E-state index in [4.69, 9.17) is 14.2 Å². The van der Waals surface area contributed by atoms with Crippen LogP contribution in [0, 0.1) is 36.4 Å². The Labute approximate surface area is 342 Å². The SMILES string of the molecule is C=C(C)C(=O)OC(=O)Cc1ccc(C#Cc2c(OC(=O)OC(=O)C(=C)C)c(C)c(C#Cc3ccc(OC(=O)OC(=O)C(=C)C)cc3)c(F)c2OC(=O)OC(=O)C(=C)C)cc1. The minimum Gasteiger partial charge on any atom is -0.395 e. The molecule has 3 aromatic carbocycles. The Morgan fingerprint density at radius 1 is 0.517 bits per heavy atom. The number of hydrogen-bond donors (Lipinski definition) is 0. The summed E-state index contributed by atoms with van der Waals surface area (Å²) >= 11 is 0. The first kappa shape index (κ1) is 46.0. The minimum absolute atomic E-state index is 0.0253. The second-order valence-corrected chi connectivity index (χ2v) is 12.4. The summed E-state index contributed by atoms with van der Waals surface area (Å²) in [7, 11) is 0. The van der Waals surface area contributed by atoms with Crippen molar-refractivity contribution in [3.63, 3.8) is 0 Å². The molecule has 3 aromatic rings. The third-order valence-corrected chi connectivity index (χ3v) is 7.11. The predicted octanol–water partition coefficient (Wildman–Crippen LogP) is 6.98. The first-order valence-electron chi connectivity index (χ1n) is 16.9. The molecule has 0 bridgehead atoms. The molecule has 0 aromatic heterocycles. The molecule has 0 fully saturated rings. The van der Waals surface area contributed by atoms with E-state index in [0.29, 0.717) is 5.56 Å². The summed E-state index contributed by atoms with van der Waals surface area (Å²) in [6.07, 6.45) is -5.01. The topological polar surface area (TPSA) is 201 Å². The van der Waals surface area contributed by atoms with Crippen molar-refractivity contribution in [2.24, 2.45) is 0 Å². The van der Waals surface area contributed by atoms with Crippen LogP contribution in [0.5, 0.6) is 17.2 Å². The molecule has 0 radical (unpaired) electrons. The minimum atomic E-state index is -1.75. The lowest BCUT2D eigenvalue weighted by atomic mass is 10.00. The van der Waals surface area contributed by atoms with Gasteiger partial charge in [-0.05, 0) is 76.6 Å². The molecular formula is C44H33FO15. The van der Waals surface area contributed by atoms with Gasteiger partial charge in [0.2, 0.25) is 0 Å². The van der Waals surface area contributed by atoms with E-state index in [-0.39, 0.29) is 51.2 Å². The monoisotopic (exact) mass is 820 g/mol. The van der Waals surface area contributed by atoms with E-state index in [0.717, 1.165) is 0 Å². The number of benzene rings is 3. The van der Waals surface area contributed by atoms with E-state index in [9.17, 15) is 38.4 Å². The maximum absolute atomic E-state index is 16.6. The molecule has 306 valence electrons. The maximum Gasteiger partial charge on any atom is 0.522 e. The van der Waals surface area contributed by atoms with Crippen molar-refractivity contribution in [1.29, 1.82) is 0 Å². The number of halogens is 1. The van der Waals surface area contributed by atoms with Gasteiger partial charge in [0.25, 0.3) is 0 Å². The molecule has 0 aliphatic carbocycles. The van der Waals surface area contributed by atoms with Crippen LogP contribution in [-0.2, 0) is 49.3 Å². The number of esters is 5. The highest BCUT2D eigenvalue weighted by atomic mass is 19.1. The normalized spacial score (nSPS) is 9.77. The Morgan fingerprint density at radius 3 is 1.35 bits per heavy atom. The highest BCUT2D eigenvalue weighted by Gasteiger charge is 2.29. The molecule has 0 atom stereocenters. The third kappa shape index (κ3) is 13.4. The fourth-order valence-electron chi connectivity index (χ4n) is 4.07. The van der Waals surface area contributed by atoms with Gasteiger partial charge in [0.05, 0.1) is 12.0 Å².